The van der Waals surface area contributed by atoms with Gasteiger partial charge in [0, 0.05) is 52.2 Å². The molecule has 6 nitrogen and oxygen atoms in total. The third kappa shape index (κ3) is 3.25. The molecule has 2 heterocycles. The highest BCUT2D eigenvalue weighted by Gasteiger charge is 2.38. The number of carbonyl (C=O) groups excluding carboxylic acids is 2. The Morgan fingerprint density at radius 2 is 1.79 bits per heavy atom. The van der Waals surface area contributed by atoms with Crippen molar-refractivity contribution in [2.24, 2.45) is 0 Å². The highest BCUT2D eigenvalue weighted by Crippen LogP contribution is 2.19. The monoisotopic (exact) mass is 268 g/mol. The molecule has 2 N–H and O–H groups in total. The number of carbonyl (C=O) groups is 2. The van der Waals surface area contributed by atoms with Gasteiger partial charge in [-0.15, -0.1) is 0 Å². The van der Waals surface area contributed by atoms with Gasteiger partial charge in [0.05, 0.1) is 5.54 Å². The van der Waals surface area contributed by atoms with Gasteiger partial charge in [0.25, 0.3) is 0 Å². The van der Waals surface area contributed by atoms with E-state index in [0.29, 0.717) is 26.1 Å². The molecule has 108 valence electrons. The van der Waals surface area contributed by atoms with Crippen LogP contribution in [0.15, 0.2) is 0 Å². The van der Waals surface area contributed by atoms with Crippen LogP contribution in [0.1, 0.15) is 20.3 Å². The molecule has 19 heavy (non-hydrogen) atoms. The van der Waals surface area contributed by atoms with Crippen molar-refractivity contribution in [3.8, 4) is 0 Å². The van der Waals surface area contributed by atoms with Gasteiger partial charge in [0.15, 0.2) is 0 Å². The predicted octanol–water partition coefficient (Wildman–Crippen LogP) is -0.981. The number of rotatable bonds is 2. The summed E-state index contributed by atoms with van der Waals surface area (Å²) in [5.74, 6) is 0.168. The van der Waals surface area contributed by atoms with Crippen molar-refractivity contribution >= 4 is 11.8 Å². The lowest BCUT2D eigenvalue weighted by molar-refractivity contribution is -0.143. The Kier molecular flexibility index (Phi) is 4.42. The summed E-state index contributed by atoms with van der Waals surface area (Å²) in [7, 11) is 0. The first kappa shape index (κ1) is 14.3. The number of hydrogen-bond acceptors (Lipinski definition) is 4. The Morgan fingerprint density at radius 1 is 1.11 bits per heavy atom. The second kappa shape index (κ2) is 5.88. The molecule has 2 fully saturated rings. The Bertz CT molecular complexity index is 351. The number of amides is 2. The highest BCUT2D eigenvalue weighted by atomic mass is 16.2. The lowest BCUT2D eigenvalue weighted by Gasteiger charge is -2.42. The fraction of sp³-hybridized carbons (Fsp3) is 0.846. The Labute approximate surface area is 114 Å². The van der Waals surface area contributed by atoms with Gasteiger partial charge < -0.3 is 15.5 Å². The van der Waals surface area contributed by atoms with Gasteiger partial charge in [0.1, 0.15) is 0 Å². The molecule has 0 unspecified atom stereocenters. The van der Waals surface area contributed by atoms with Crippen LogP contribution in [0.2, 0.25) is 0 Å². The average Bonchev–Trinajstić information content (AvgIpc) is 2.63. The molecular formula is C13H24N4O2. The number of hydrogen-bond donors (Lipinski definition) is 2. The lowest BCUT2D eigenvalue weighted by Crippen LogP contribution is -2.60. The maximum Gasteiger partial charge on any atom is 0.242 e. The van der Waals surface area contributed by atoms with E-state index in [-0.39, 0.29) is 11.8 Å². The van der Waals surface area contributed by atoms with Crippen molar-refractivity contribution < 1.29 is 9.59 Å². The van der Waals surface area contributed by atoms with Gasteiger partial charge in [0.2, 0.25) is 11.8 Å². The predicted molar refractivity (Wildman–Crippen MR) is 72.7 cm³/mol. The first-order valence-electron chi connectivity index (χ1n) is 7.03. The minimum atomic E-state index is -0.491. The summed E-state index contributed by atoms with van der Waals surface area (Å²) < 4.78 is 0. The van der Waals surface area contributed by atoms with Crippen molar-refractivity contribution in [3.05, 3.63) is 0 Å². The van der Waals surface area contributed by atoms with Crippen LogP contribution in [-0.2, 0) is 9.59 Å². The third-order valence-electron chi connectivity index (χ3n) is 4.03. The molecule has 0 aromatic carbocycles. The number of piperazine rings is 1. The van der Waals surface area contributed by atoms with E-state index in [2.05, 4.69) is 15.5 Å². The first-order chi connectivity index (χ1) is 9.01. The molecule has 0 bridgehead atoms. The van der Waals surface area contributed by atoms with Gasteiger partial charge in [-0.05, 0) is 13.8 Å². The Hall–Kier alpha value is -1.14. The molecule has 0 saturated carbocycles. The van der Waals surface area contributed by atoms with Crippen molar-refractivity contribution in [1.82, 2.24) is 20.4 Å². The second-order valence-electron chi connectivity index (χ2n) is 5.69. The molecule has 0 aliphatic carbocycles. The van der Waals surface area contributed by atoms with E-state index in [1.165, 1.54) is 0 Å². The number of nitrogens with zero attached hydrogens (tertiary/aromatic N) is 2. The van der Waals surface area contributed by atoms with E-state index in [4.69, 9.17) is 0 Å². The summed E-state index contributed by atoms with van der Waals surface area (Å²) in [5, 5.41) is 6.10. The van der Waals surface area contributed by atoms with E-state index < -0.39 is 5.54 Å². The van der Waals surface area contributed by atoms with E-state index in [1.807, 2.05) is 18.7 Å². The van der Waals surface area contributed by atoms with Crippen LogP contribution in [0.25, 0.3) is 0 Å². The summed E-state index contributed by atoms with van der Waals surface area (Å²) in [6.45, 7) is 9.31. The summed E-state index contributed by atoms with van der Waals surface area (Å²) >= 11 is 0. The maximum atomic E-state index is 12.7. The van der Waals surface area contributed by atoms with Crippen molar-refractivity contribution in [1.29, 1.82) is 0 Å². The van der Waals surface area contributed by atoms with E-state index in [1.54, 1.807) is 0 Å². The van der Waals surface area contributed by atoms with Crippen molar-refractivity contribution in [2.45, 2.75) is 25.8 Å². The molecule has 0 aromatic heterocycles. The molecule has 2 amide bonds. The SMILES string of the molecule is CC(C)(C(=O)N1CCNC(=O)CC1)N1CCNCC1. The molecule has 0 aromatic rings. The number of nitrogens with one attached hydrogen (secondary N) is 2. The van der Waals surface area contributed by atoms with Crippen LogP contribution in [-0.4, -0.2) is 73.0 Å². The van der Waals surface area contributed by atoms with Crippen molar-refractivity contribution in [3.63, 3.8) is 0 Å². The zero-order valence-corrected chi connectivity index (χ0v) is 11.9. The molecule has 2 aliphatic rings. The minimum Gasteiger partial charge on any atom is -0.354 e. The summed E-state index contributed by atoms with van der Waals surface area (Å²) in [5.41, 5.74) is -0.491. The Balaban J connectivity index is 2.01. The smallest absolute Gasteiger partial charge is 0.242 e. The standard InChI is InChI=1S/C13H24N4O2/c1-13(2,17-9-4-14-5-10-17)12(19)16-7-3-11(18)15-6-8-16/h14H,3-10H2,1-2H3,(H,15,18). The van der Waals surface area contributed by atoms with Crippen molar-refractivity contribution in [2.75, 3.05) is 45.8 Å². The van der Waals surface area contributed by atoms with Gasteiger partial charge in [-0.25, -0.2) is 0 Å². The second-order valence-corrected chi connectivity index (χ2v) is 5.69. The lowest BCUT2D eigenvalue weighted by atomic mass is 9.99. The summed E-state index contributed by atoms with van der Waals surface area (Å²) in [4.78, 5) is 28.1. The van der Waals surface area contributed by atoms with Crippen LogP contribution in [0, 0.1) is 0 Å². The third-order valence-corrected chi connectivity index (χ3v) is 4.03. The van der Waals surface area contributed by atoms with Gasteiger partial charge in [-0.3, -0.25) is 14.5 Å². The summed E-state index contributed by atoms with van der Waals surface area (Å²) in [6.07, 6.45) is 0.406. The van der Waals surface area contributed by atoms with E-state index in [9.17, 15) is 9.59 Å². The van der Waals surface area contributed by atoms with Crippen LogP contribution in [0.4, 0.5) is 0 Å². The van der Waals surface area contributed by atoms with E-state index >= 15 is 0 Å². The minimum absolute atomic E-state index is 0.0373. The van der Waals surface area contributed by atoms with Crippen LogP contribution in [0.3, 0.4) is 0 Å². The van der Waals surface area contributed by atoms with Gasteiger partial charge in [-0.2, -0.15) is 0 Å². The zero-order chi connectivity index (χ0) is 13.9. The zero-order valence-electron chi connectivity index (χ0n) is 11.9. The molecule has 0 spiro atoms. The molecule has 0 atom stereocenters. The molecular weight excluding hydrogens is 244 g/mol. The highest BCUT2D eigenvalue weighted by molar-refractivity contribution is 5.86. The quantitative estimate of drug-likeness (QED) is 0.675. The van der Waals surface area contributed by atoms with Gasteiger partial charge >= 0.3 is 0 Å². The Morgan fingerprint density at radius 3 is 2.47 bits per heavy atom. The normalized spacial score (nSPS) is 22.8. The topological polar surface area (TPSA) is 64.7 Å². The first-order valence-corrected chi connectivity index (χ1v) is 7.03. The molecule has 2 saturated heterocycles. The fourth-order valence-electron chi connectivity index (χ4n) is 2.72. The molecule has 2 aliphatic heterocycles. The van der Waals surface area contributed by atoms with Gasteiger partial charge in [-0.1, -0.05) is 0 Å². The van der Waals surface area contributed by atoms with E-state index in [0.717, 1.165) is 26.2 Å². The average molecular weight is 268 g/mol. The largest absolute Gasteiger partial charge is 0.354 e. The summed E-state index contributed by atoms with van der Waals surface area (Å²) in [6, 6.07) is 0. The molecule has 6 heteroatoms. The van der Waals surface area contributed by atoms with Crippen LogP contribution < -0.4 is 10.6 Å². The van der Waals surface area contributed by atoms with Crippen LogP contribution >= 0.6 is 0 Å². The van der Waals surface area contributed by atoms with Crippen LogP contribution in [0.5, 0.6) is 0 Å². The molecule has 2 rings (SSSR count). The fourth-order valence-corrected chi connectivity index (χ4v) is 2.72. The maximum absolute atomic E-state index is 12.7. The molecule has 0 radical (unpaired) electrons.